The average Bonchev–Trinajstić information content (AvgIpc) is 2.48. The molecule has 1 aromatic rings. The summed E-state index contributed by atoms with van der Waals surface area (Å²) in [6, 6.07) is 10.5. The molecule has 19 heavy (non-hydrogen) atoms. The van der Waals surface area contributed by atoms with Gasteiger partial charge in [-0.3, -0.25) is 4.79 Å². The average molecular weight is 258 g/mol. The molecule has 0 aliphatic heterocycles. The van der Waals surface area contributed by atoms with Crippen LogP contribution in [0.5, 0.6) is 0 Å². The van der Waals surface area contributed by atoms with Gasteiger partial charge < -0.3 is 0 Å². The van der Waals surface area contributed by atoms with Crippen molar-refractivity contribution in [1.82, 2.24) is 0 Å². The van der Waals surface area contributed by atoms with Gasteiger partial charge in [-0.15, -0.1) is 0 Å². The highest BCUT2D eigenvalue weighted by molar-refractivity contribution is 5.81. The van der Waals surface area contributed by atoms with Gasteiger partial charge in [-0.2, -0.15) is 0 Å². The number of ketones is 1. The number of hydrogen-bond acceptors (Lipinski definition) is 1. The van der Waals surface area contributed by atoms with Crippen LogP contribution >= 0.6 is 0 Å². The standard InChI is InChI=1S/C18H26O/c1-2-15-11-13-17(14-12-15)18(19)10-6-9-16-7-4-3-5-8-16/h3-5,7-8,15,17H,2,6,9-14H2,1H3. The lowest BCUT2D eigenvalue weighted by atomic mass is 9.78. The second kappa shape index (κ2) is 7.47. The first kappa shape index (κ1) is 14.3. The Labute approximate surface area is 117 Å². The van der Waals surface area contributed by atoms with Crippen LogP contribution in [0.2, 0.25) is 0 Å². The second-order valence-corrected chi connectivity index (χ2v) is 5.93. The highest BCUT2D eigenvalue weighted by Crippen LogP contribution is 2.31. The van der Waals surface area contributed by atoms with Crippen molar-refractivity contribution in [3.63, 3.8) is 0 Å². The van der Waals surface area contributed by atoms with E-state index < -0.39 is 0 Å². The molecule has 0 radical (unpaired) electrons. The first-order valence-electron chi connectivity index (χ1n) is 7.86. The number of carbonyl (C=O) groups excluding carboxylic acids is 1. The van der Waals surface area contributed by atoms with Gasteiger partial charge in [-0.05, 0) is 50.0 Å². The van der Waals surface area contributed by atoms with Crippen LogP contribution in [-0.2, 0) is 11.2 Å². The summed E-state index contributed by atoms with van der Waals surface area (Å²) in [6.07, 6.45) is 8.93. The van der Waals surface area contributed by atoms with Crippen molar-refractivity contribution in [1.29, 1.82) is 0 Å². The Morgan fingerprint density at radius 3 is 2.42 bits per heavy atom. The molecule has 0 unspecified atom stereocenters. The van der Waals surface area contributed by atoms with Crippen molar-refractivity contribution in [3.8, 4) is 0 Å². The van der Waals surface area contributed by atoms with Crippen LogP contribution in [0.4, 0.5) is 0 Å². The lowest BCUT2D eigenvalue weighted by molar-refractivity contribution is -0.124. The molecule has 1 aliphatic rings. The Morgan fingerprint density at radius 2 is 1.79 bits per heavy atom. The van der Waals surface area contributed by atoms with Crippen LogP contribution in [0.25, 0.3) is 0 Å². The first-order valence-corrected chi connectivity index (χ1v) is 7.86. The third-order valence-electron chi connectivity index (χ3n) is 4.61. The minimum Gasteiger partial charge on any atom is -0.299 e. The summed E-state index contributed by atoms with van der Waals surface area (Å²) >= 11 is 0. The maximum Gasteiger partial charge on any atom is 0.135 e. The molecule has 0 saturated heterocycles. The Bertz CT molecular complexity index is 374. The van der Waals surface area contributed by atoms with Crippen molar-refractivity contribution in [2.75, 3.05) is 0 Å². The molecular formula is C18H26O. The lowest BCUT2D eigenvalue weighted by Crippen LogP contribution is -2.21. The Kier molecular flexibility index (Phi) is 5.62. The predicted molar refractivity (Wildman–Crippen MR) is 80.1 cm³/mol. The Hall–Kier alpha value is -1.11. The van der Waals surface area contributed by atoms with Crippen LogP contribution in [0.15, 0.2) is 30.3 Å². The molecule has 1 aliphatic carbocycles. The molecule has 1 nitrogen and oxygen atoms in total. The van der Waals surface area contributed by atoms with Crippen LogP contribution in [-0.4, -0.2) is 5.78 Å². The largest absolute Gasteiger partial charge is 0.299 e. The lowest BCUT2D eigenvalue weighted by Gasteiger charge is -2.26. The van der Waals surface area contributed by atoms with Gasteiger partial charge in [0.2, 0.25) is 0 Å². The molecule has 0 bridgehead atoms. The van der Waals surface area contributed by atoms with Gasteiger partial charge in [-0.1, -0.05) is 43.7 Å². The smallest absolute Gasteiger partial charge is 0.135 e. The fraction of sp³-hybridized carbons (Fsp3) is 0.611. The number of rotatable bonds is 6. The zero-order valence-electron chi connectivity index (χ0n) is 12.1. The summed E-state index contributed by atoms with van der Waals surface area (Å²) in [5, 5.41) is 0. The summed E-state index contributed by atoms with van der Waals surface area (Å²) in [6.45, 7) is 2.27. The molecule has 0 atom stereocenters. The molecule has 0 heterocycles. The third-order valence-corrected chi connectivity index (χ3v) is 4.61. The zero-order chi connectivity index (χ0) is 13.5. The highest BCUT2D eigenvalue weighted by Gasteiger charge is 2.24. The molecular weight excluding hydrogens is 232 g/mol. The fourth-order valence-electron chi connectivity index (χ4n) is 3.21. The summed E-state index contributed by atoms with van der Waals surface area (Å²) < 4.78 is 0. The normalized spacial score (nSPS) is 23.2. The number of carbonyl (C=O) groups is 1. The molecule has 0 spiro atoms. The van der Waals surface area contributed by atoms with Gasteiger partial charge in [0.15, 0.2) is 0 Å². The van der Waals surface area contributed by atoms with E-state index in [0.29, 0.717) is 11.7 Å². The zero-order valence-corrected chi connectivity index (χ0v) is 12.1. The van der Waals surface area contributed by atoms with Gasteiger partial charge in [0.05, 0.1) is 0 Å². The molecule has 0 aromatic heterocycles. The van der Waals surface area contributed by atoms with E-state index in [1.165, 1.54) is 24.8 Å². The van der Waals surface area contributed by atoms with Gasteiger partial charge in [0.1, 0.15) is 5.78 Å². The maximum atomic E-state index is 12.2. The molecule has 104 valence electrons. The summed E-state index contributed by atoms with van der Waals surface area (Å²) in [7, 11) is 0. The highest BCUT2D eigenvalue weighted by atomic mass is 16.1. The fourth-order valence-corrected chi connectivity index (χ4v) is 3.21. The number of benzene rings is 1. The SMILES string of the molecule is CCC1CCC(C(=O)CCCc2ccccc2)CC1. The molecule has 0 N–H and O–H groups in total. The predicted octanol–water partition coefficient (Wildman–Crippen LogP) is 4.79. The maximum absolute atomic E-state index is 12.2. The van der Waals surface area contributed by atoms with E-state index in [2.05, 4.69) is 31.2 Å². The van der Waals surface area contributed by atoms with Crippen LogP contribution < -0.4 is 0 Å². The van der Waals surface area contributed by atoms with E-state index in [-0.39, 0.29) is 0 Å². The van der Waals surface area contributed by atoms with E-state index >= 15 is 0 Å². The van der Waals surface area contributed by atoms with Gasteiger partial charge in [0, 0.05) is 12.3 Å². The van der Waals surface area contributed by atoms with Crippen LogP contribution in [0.1, 0.15) is 57.4 Å². The minimum absolute atomic E-state index is 0.374. The summed E-state index contributed by atoms with van der Waals surface area (Å²) in [4.78, 5) is 12.2. The number of hydrogen-bond donors (Lipinski definition) is 0. The van der Waals surface area contributed by atoms with Gasteiger partial charge in [-0.25, -0.2) is 0 Å². The van der Waals surface area contributed by atoms with E-state index in [1.54, 1.807) is 0 Å². The topological polar surface area (TPSA) is 17.1 Å². The molecule has 1 saturated carbocycles. The number of aryl methyl sites for hydroxylation is 1. The molecule has 1 fully saturated rings. The van der Waals surface area contributed by atoms with Crippen molar-refractivity contribution in [2.45, 2.75) is 58.3 Å². The molecule has 2 rings (SSSR count). The Morgan fingerprint density at radius 1 is 1.11 bits per heavy atom. The molecule has 0 amide bonds. The molecule has 1 heteroatoms. The van der Waals surface area contributed by atoms with E-state index in [9.17, 15) is 4.79 Å². The number of Topliss-reactive ketones (excluding diaryl/α,β-unsaturated/α-hetero) is 1. The quantitative estimate of drug-likeness (QED) is 0.716. The van der Waals surface area contributed by atoms with Crippen molar-refractivity contribution in [3.05, 3.63) is 35.9 Å². The third kappa shape index (κ3) is 4.49. The van der Waals surface area contributed by atoms with E-state index in [4.69, 9.17) is 0 Å². The van der Waals surface area contributed by atoms with Crippen molar-refractivity contribution >= 4 is 5.78 Å². The first-order chi connectivity index (χ1) is 9.29. The monoisotopic (exact) mass is 258 g/mol. The van der Waals surface area contributed by atoms with Gasteiger partial charge in [0.25, 0.3) is 0 Å². The van der Waals surface area contributed by atoms with Crippen molar-refractivity contribution < 1.29 is 4.79 Å². The molecule has 1 aromatic carbocycles. The van der Waals surface area contributed by atoms with Gasteiger partial charge >= 0.3 is 0 Å². The van der Waals surface area contributed by atoms with Crippen LogP contribution in [0.3, 0.4) is 0 Å². The minimum atomic E-state index is 0.374. The van der Waals surface area contributed by atoms with E-state index in [0.717, 1.165) is 38.0 Å². The van der Waals surface area contributed by atoms with Crippen LogP contribution in [0, 0.1) is 11.8 Å². The van der Waals surface area contributed by atoms with E-state index in [1.807, 2.05) is 6.07 Å². The summed E-state index contributed by atoms with van der Waals surface area (Å²) in [5.41, 5.74) is 1.35. The summed E-state index contributed by atoms with van der Waals surface area (Å²) in [5.74, 6) is 1.78. The van der Waals surface area contributed by atoms with Crippen molar-refractivity contribution in [2.24, 2.45) is 11.8 Å². The Balaban J connectivity index is 1.67. The second-order valence-electron chi connectivity index (χ2n) is 5.93.